The van der Waals surface area contributed by atoms with Crippen LogP contribution in [0.5, 0.6) is 5.75 Å². The highest BCUT2D eigenvalue weighted by molar-refractivity contribution is 5.86. The fourth-order valence-electron chi connectivity index (χ4n) is 4.45. The normalized spacial score (nSPS) is 20.0. The van der Waals surface area contributed by atoms with Crippen molar-refractivity contribution in [2.75, 3.05) is 32.8 Å². The van der Waals surface area contributed by atoms with Gasteiger partial charge in [0.2, 0.25) is 0 Å². The summed E-state index contributed by atoms with van der Waals surface area (Å²) in [6.07, 6.45) is 2.24. The van der Waals surface area contributed by atoms with E-state index in [1.165, 1.54) is 12.5 Å². The number of carbonyl (C=O) groups is 1. The maximum atomic E-state index is 12.3. The maximum absolute atomic E-state index is 12.3. The van der Waals surface area contributed by atoms with E-state index in [9.17, 15) is 9.59 Å². The third kappa shape index (κ3) is 5.60. The number of pyridine rings is 1. The van der Waals surface area contributed by atoms with Gasteiger partial charge < -0.3 is 19.5 Å². The standard InChI is InChI=1S/C23H33N3O3/c1-4-26-20-9-6-5-8-19(20)21(13-23(26)28)29-16-22(27)24-10-7-11-25-14-17(2)12-18(3)15-25/h5-6,8-9,13,17-18H,4,7,10-12,14-16H2,1-3H3,(H,24,27)/t17-,18+. The summed E-state index contributed by atoms with van der Waals surface area (Å²) in [5, 5.41) is 3.77. The lowest BCUT2D eigenvalue weighted by Crippen LogP contribution is -2.40. The maximum Gasteiger partial charge on any atom is 0.257 e. The van der Waals surface area contributed by atoms with E-state index < -0.39 is 0 Å². The van der Waals surface area contributed by atoms with Crippen molar-refractivity contribution in [1.82, 2.24) is 14.8 Å². The SMILES string of the molecule is CCn1c(=O)cc(OCC(=O)NCCCN2C[C@H](C)C[C@H](C)C2)c2ccccc21. The second kappa shape index (κ2) is 9.92. The Morgan fingerprint density at radius 3 is 2.66 bits per heavy atom. The Labute approximate surface area is 172 Å². The molecule has 0 bridgehead atoms. The molecule has 1 aromatic carbocycles. The molecule has 3 rings (SSSR count). The Morgan fingerprint density at radius 1 is 1.21 bits per heavy atom. The molecular formula is C23H33N3O3. The van der Waals surface area contributed by atoms with Crippen LogP contribution in [0.25, 0.3) is 10.9 Å². The van der Waals surface area contributed by atoms with Gasteiger partial charge in [0, 0.05) is 37.6 Å². The van der Waals surface area contributed by atoms with E-state index in [0.29, 0.717) is 18.8 Å². The average molecular weight is 400 g/mol. The summed E-state index contributed by atoms with van der Waals surface area (Å²) in [5.74, 6) is 1.80. The van der Waals surface area contributed by atoms with E-state index >= 15 is 0 Å². The minimum atomic E-state index is -0.158. The van der Waals surface area contributed by atoms with E-state index in [2.05, 4.69) is 24.1 Å². The zero-order chi connectivity index (χ0) is 20.8. The topological polar surface area (TPSA) is 63.6 Å². The minimum Gasteiger partial charge on any atom is -0.483 e. The molecule has 1 aliphatic rings. The Balaban J connectivity index is 1.48. The van der Waals surface area contributed by atoms with Gasteiger partial charge in [-0.15, -0.1) is 0 Å². The Hall–Kier alpha value is -2.34. The summed E-state index contributed by atoms with van der Waals surface area (Å²) in [5.41, 5.74) is 0.703. The molecule has 29 heavy (non-hydrogen) atoms. The smallest absolute Gasteiger partial charge is 0.257 e. The first-order valence-electron chi connectivity index (χ1n) is 10.7. The Morgan fingerprint density at radius 2 is 1.93 bits per heavy atom. The molecular weight excluding hydrogens is 366 g/mol. The number of para-hydroxylation sites is 1. The monoisotopic (exact) mass is 399 g/mol. The van der Waals surface area contributed by atoms with Crippen molar-refractivity contribution in [2.24, 2.45) is 11.8 Å². The minimum absolute atomic E-state index is 0.0860. The molecule has 0 aliphatic carbocycles. The van der Waals surface area contributed by atoms with Gasteiger partial charge in [-0.05, 0) is 50.3 Å². The number of fused-ring (bicyclic) bond motifs is 1. The second-order valence-corrected chi connectivity index (χ2v) is 8.31. The van der Waals surface area contributed by atoms with Crippen LogP contribution in [0.3, 0.4) is 0 Å². The lowest BCUT2D eigenvalue weighted by molar-refractivity contribution is -0.123. The molecule has 1 N–H and O–H groups in total. The lowest BCUT2D eigenvalue weighted by atomic mass is 9.92. The number of aryl methyl sites for hydroxylation is 1. The summed E-state index contributed by atoms with van der Waals surface area (Å²) < 4.78 is 7.40. The molecule has 1 aliphatic heterocycles. The molecule has 0 radical (unpaired) electrons. The van der Waals surface area contributed by atoms with Gasteiger partial charge in [0.25, 0.3) is 11.5 Å². The predicted molar refractivity (Wildman–Crippen MR) is 116 cm³/mol. The van der Waals surface area contributed by atoms with Crippen molar-refractivity contribution in [3.63, 3.8) is 0 Å². The van der Waals surface area contributed by atoms with Gasteiger partial charge in [-0.3, -0.25) is 9.59 Å². The molecule has 6 heteroatoms. The van der Waals surface area contributed by atoms with Crippen molar-refractivity contribution in [3.8, 4) is 5.75 Å². The highest BCUT2D eigenvalue weighted by Crippen LogP contribution is 2.23. The van der Waals surface area contributed by atoms with E-state index in [1.54, 1.807) is 4.57 Å². The lowest BCUT2D eigenvalue weighted by Gasteiger charge is -2.34. The van der Waals surface area contributed by atoms with Crippen molar-refractivity contribution in [3.05, 3.63) is 40.7 Å². The van der Waals surface area contributed by atoms with Crippen LogP contribution < -0.4 is 15.6 Å². The molecule has 2 aromatic rings. The van der Waals surface area contributed by atoms with Crippen molar-refractivity contribution in [2.45, 2.75) is 40.2 Å². The number of nitrogens with one attached hydrogen (secondary N) is 1. The fraction of sp³-hybridized carbons (Fsp3) is 0.565. The Kier molecular flexibility index (Phi) is 7.31. The van der Waals surface area contributed by atoms with Crippen LogP contribution in [0.15, 0.2) is 35.1 Å². The molecule has 158 valence electrons. The van der Waals surface area contributed by atoms with Crippen LogP contribution in [-0.4, -0.2) is 48.2 Å². The molecule has 6 nitrogen and oxygen atoms in total. The van der Waals surface area contributed by atoms with Crippen LogP contribution in [0, 0.1) is 11.8 Å². The van der Waals surface area contributed by atoms with Gasteiger partial charge in [-0.2, -0.15) is 0 Å². The third-order valence-corrected chi connectivity index (χ3v) is 5.57. The van der Waals surface area contributed by atoms with Gasteiger partial charge in [-0.25, -0.2) is 0 Å². The zero-order valence-electron chi connectivity index (χ0n) is 17.8. The van der Waals surface area contributed by atoms with Crippen LogP contribution >= 0.6 is 0 Å². The molecule has 1 amide bonds. The molecule has 1 saturated heterocycles. The first kappa shape index (κ1) is 21.4. The number of nitrogens with zero attached hydrogens (tertiary/aromatic N) is 2. The molecule has 0 unspecified atom stereocenters. The number of piperidine rings is 1. The van der Waals surface area contributed by atoms with E-state index in [4.69, 9.17) is 4.74 Å². The number of benzene rings is 1. The highest BCUT2D eigenvalue weighted by atomic mass is 16.5. The van der Waals surface area contributed by atoms with Crippen LogP contribution in [0.1, 0.15) is 33.6 Å². The fourth-order valence-corrected chi connectivity index (χ4v) is 4.45. The van der Waals surface area contributed by atoms with Gasteiger partial charge in [0.15, 0.2) is 6.61 Å². The van der Waals surface area contributed by atoms with Gasteiger partial charge >= 0.3 is 0 Å². The van der Waals surface area contributed by atoms with Crippen molar-refractivity contribution in [1.29, 1.82) is 0 Å². The van der Waals surface area contributed by atoms with Crippen LogP contribution in [0.2, 0.25) is 0 Å². The number of hydrogen-bond donors (Lipinski definition) is 1. The quantitative estimate of drug-likeness (QED) is 0.694. The Bertz CT molecular complexity index is 883. The number of aromatic nitrogens is 1. The van der Waals surface area contributed by atoms with Gasteiger partial charge in [-0.1, -0.05) is 26.0 Å². The summed E-state index contributed by atoms with van der Waals surface area (Å²) in [6.45, 7) is 11.0. The number of likely N-dealkylation sites (tertiary alicyclic amines) is 1. The third-order valence-electron chi connectivity index (χ3n) is 5.57. The van der Waals surface area contributed by atoms with Gasteiger partial charge in [0.1, 0.15) is 5.75 Å². The number of carbonyl (C=O) groups excluding carboxylic acids is 1. The number of rotatable bonds is 8. The molecule has 0 spiro atoms. The first-order valence-corrected chi connectivity index (χ1v) is 10.7. The summed E-state index contributed by atoms with van der Waals surface area (Å²) >= 11 is 0. The van der Waals surface area contributed by atoms with Crippen LogP contribution in [-0.2, 0) is 11.3 Å². The van der Waals surface area contributed by atoms with E-state index in [0.717, 1.165) is 48.8 Å². The zero-order valence-corrected chi connectivity index (χ0v) is 17.8. The summed E-state index contributed by atoms with van der Waals surface area (Å²) in [4.78, 5) is 27.0. The van der Waals surface area contributed by atoms with Crippen LogP contribution in [0.4, 0.5) is 0 Å². The molecule has 2 heterocycles. The number of hydrogen-bond acceptors (Lipinski definition) is 4. The number of amides is 1. The van der Waals surface area contributed by atoms with E-state index in [1.807, 2.05) is 31.2 Å². The number of ether oxygens (including phenoxy) is 1. The first-order chi connectivity index (χ1) is 14.0. The summed E-state index contributed by atoms with van der Waals surface area (Å²) in [6, 6.07) is 9.08. The largest absolute Gasteiger partial charge is 0.483 e. The highest BCUT2D eigenvalue weighted by Gasteiger charge is 2.21. The molecule has 1 aromatic heterocycles. The van der Waals surface area contributed by atoms with E-state index in [-0.39, 0.29) is 18.1 Å². The molecule has 0 saturated carbocycles. The van der Waals surface area contributed by atoms with Crippen molar-refractivity contribution < 1.29 is 9.53 Å². The average Bonchev–Trinajstić information content (AvgIpc) is 2.69. The predicted octanol–water partition coefficient (Wildman–Crippen LogP) is 2.88. The van der Waals surface area contributed by atoms with Gasteiger partial charge in [0.05, 0.1) is 5.52 Å². The summed E-state index contributed by atoms with van der Waals surface area (Å²) in [7, 11) is 0. The van der Waals surface area contributed by atoms with Crippen molar-refractivity contribution >= 4 is 16.8 Å². The second-order valence-electron chi connectivity index (χ2n) is 8.31. The molecule has 1 fully saturated rings. The molecule has 2 atom stereocenters.